The lowest BCUT2D eigenvalue weighted by Gasteiger charge is -2.04. The molecule has 6 nitrogen and oxygen atoms in total. The van der Waals surface area contributed by atoms with E-state index in [9.17, 15) is 4.79 Å². The van der Waals surface area contributed by atoms with Crippen molar-refractivity contribution in [2.45, 2.75) is 13.0 Å². The molecule has 0 aliphatic carbocycles. The summed E-state index contributed by atoms with van der Waals surface area (Å²) in [5.74, 6) is -0.920. The Bertz CT molecular complexity index is 1080. The second kappa shape index (κ2) is 8.48. The van der Waals surface area contributed by atoms with Crippen molar-refractivity contribution >= 4 is 12.0 Å². The van der Waals surface area contributed by atoms with E-state index in [1.165, 1.54) is 10.8 Å². The predicted molar refractivity (Wildman–Crippen MR) is 105 cm³/mol. The van der Waals surface area contributed by atoms with Crippen LogP contribution in [-0.2, 0) is 11.3 Å². The van der Waals surface area contributed by atoms with Crippen molar-refractivity contribution in [3.8, 4) is 34.5 Å². The monoisotopic (exact) mass is 368 g/mol. The highest BCUT2D eigenvalue weighted by molar-refractivity contribution is 5.77. The molecule has 0 unspecified atom stereocenters. The fraction of sp³-hybridized carbons (Fsp3) is 0.0909. The molecule has 0 atom stereocenters. The first-order valence-electron chi connectivity index (χ1n) is 8.57. The maximum atomic E-state index is 10.8. The molecule has 0 saturated carbocycles. The predicted octanol–water partition coefficient (Wildman–Crippen LogP) is 4.12. The summed E-state index contributed by atoms with van der Waals surface area (Å²) in [6, 6.07) is 21.4. The summed E-state index contributed by atoms with van der Waals surface area (Å²) in [5, 5.41) is 31.5. The Morgan fingerprint density at radius 2 is 1.61 bits per heavy atom. The zero-order valence-corrected chi connectivity index (χ0v) is 14.9. The van der Waals surface area contributed by atoms with Gasteiger partial charge < -0.3 is 5.11 Å². The van der Waals surface area contributed by atoms with Crippen LogP contribution in [-0.4, -0.2) is 20.9 Å². The molecule has 1 aromatic heterocycles. The number of nitriles is 2. The molecule has 0 aliphatic rings. The highest BCUT2D eigenvalue weighted by Gasteiger charge is 2.12. The summed E-state index contributed by atoms with van der Waals surface area (Å²) in [6.07, 6.45) is 3.04. The lowest BCUT2D eigenvalue weighted by atomic mass is 10.0. The van der Waals surface area contributed by atoms with Gasteiger partial charge in [-0.3, -0.25) is 9.48 Å². The fourth-order valence-corrected chi connectivity index (χ4v) is 2.79. The van der Waals surface area contributed by atoms with E-state index in [1.54, 1.807) is 6.20 Å². The van der Waals surface area contributed by atoms with Crippen LogP contribution >= 0.6 is 0 Å². The zero-order chi connectivity index (χ0) is 19.9. The number of carboxylic acid groups (broad SMARTS) is 1. The summed E-state index contributed by atoms with van der Waals surface area (Å²) in [7, 11) is 0. The number of carbonyl (C=O) groups is 1. The largest absolute Gasteiger partial charge is 0.481 e. The van der Waals surface area contributed by atoms with Crippen molar-refractivity contribution in [3.63, 3.8) is 0 Å². The lowest BCUT2D eigenvalue weighted by Crippen LogP contribution is -2.04. The van der Waals surface area contributed by atoms with Crippen molar-refractivity contribution in [2.24, 2.45) is 0 Å². The summed E-state index contributed by atoms with van der Waals surface area (Å²) < 4.78 is 1.52. The van der Waals surface area contributed by atoms with Crippen molar-refractivity contribution in [1.29, 1.82) is 10.5 Å². The van der Waals surface area contributed by atoms with E-state index in [-0.39, 0.29) is 18.5 Å². The maximum Gasteiger partial charge on any atom is 0.305 e. The molecule has 0 spiro atoms. The van der Waals surface area contributed by atoms with E-state index in [4.69, 9.17) is 15.6 Å². The van der Waals surface area contributed by atoms with Crippen LogP contribution in [0, 0.1) is 22.7 Å². The molecule has 0 bridgehead atoms. The van der Waals surface area contributed by atoms with E-state index in [2.05, 4.69) is 5.10 Å². The van der Waals surface area contributed by atoms with Crippen molar-refractivity contribution < 1.29 is 9.90 Å². The quantitative estimate of drug-likeness (QED) is 0.659. The van der Waals surface area contributed by atoms with Gasteiger partial charge >= 0.3 is 5.97 Å². The van der Waals surface area contributed by atoms with Crippen molar-refractivity contribution in [2.75, 3.05) is 0 Å². The number of hydrogen-bond donors (Lipinski definition) is 1. The second-order valence-corrected chi connectivity index (χ2v) is 6.06. The summed E-state index contributed by atoms with van der Waals surface area (Å²) in [5.41, 5.74) is 4.11. The molecule has 136 valence electrons. The number of carboxylic acids is 1. The van der Waals surface area contributed by atoms with Gasteiger partial charge in [-0.15, -0.1) is 0 Å². The first kappa shape index (κ1) is 18.6. The van der Waals surface area contributed by atoms with E-state index < -0.39 is 5.97 Å². The normalized spacial score (nSPS) is 9.93. The first-order valence-corrected chi connectivity index (χ1v) is 8.57. The number of benzene rings is 2. The molecule has 1 N–H and O–H groups in total. The van der Waals surface area contributed by atoms with Crippen LogP contribution in [0.3, 0.4) is 0 Å². The van der Waals surface area contributed by atoms with Gasteiger partial charge in [0.2, 0.25) is 0 Å². The summed E-state index contributed by atoms with van der Waals surface area (Å²) in [6.45, 7) is 0.201. The Kier molecular flexibility index (Phi) is 5.64. The molecule has 2 aromatic carbocycles. The lowest BCUT2D eigenvalue weighted by molar-refractivity contribution is -0.137. The van der Waals surface area contributed by atoms with Crippen LogP contribution in [0.5, 0.6) is 0 Å². The molecule has 0 amide bonds. The number of aromatic nitrogens is 2. The highest BCUT2D eigenvalue weighted by atomic mass is 16.4. The molecular weight excluding hydrogens is 352 g/mol. The van der Waals surface area contributed by atoms with Crippen LogP contribution < -0.4 is 0 Å². The van der Waals surface area contributed by atoms with Crippen molar-refractivity contribution in [3.05, 3.63) is 71.9 Å². The third kappa shape index (κ3) is 4.32. The van der Waals surface area contributed by atoms with Crippen LogP contribution in [0.1, 0.15) is 12.0 Å². The third-order valence-corrected chi connectivity index (χ3v) is 4.15. The Morgan fingerprint density at radius 3 is 2.21 bits per heavy atom. The molecule has 28 heavy (non-hydrogen) atoms. The first-order chi connectivity index (χ1) is 13.6. The highest BCUT2D eigenvalue weighted by Crippen LogP contribution is 2.27. The van der Waals surface area contributed by atoms with Gasteiger partial charge in [0.1, 0.15) is 17.7 Å². The molecule has 0 saturated heterocycles. The van der Waals surface area contributed by atoms with Gasteiger partial charge in [0.05, 0.1) is 18.7 Å². The molecule has 3 aromatic rings. The zero-order valence-electron chi connectivity index (χ0n) is 14.9. The third-order valence-electron chi connectivity index (χ3n) is 4.15. The van der Waals surface area contributed by atoms with Gasteiger partial charge in [-0.2, -0.15) is 15.6 Å². The summed E-state index contributed by atoms with van der Waals surface area (Å²) >= 11 is 0. The van der Waals surface area contributed by atoms with Gasteiger partial charge in [0, 0.05) is 17.3 Å². The van der Waals surface area contributed by atoms with E-state index in [0.29, 0.717) is 11.3 Å². The smallest absolute Gasteiger partial charge is 0.305 e. The van der Waals surface area contributed by atoms with Crippen LogP contribution in [0.25, 0.3) is 28.5 Å². The summed E-state index contributed by atoms with van der Waals surface area (Å²) in [4.78, 5) is 10.8. The Labute approximate surface area is 162 Å². The maximum absolute atomic E-state index is 10.8. The average molecular weight is 368 g/mol. The molecule has 1 heterocycles. The van der Waals surface area contributed by atoms with Gasteiger partial charge in [-0.1, -0.05) is 54.6 Å². The van der Waals surface area contributed by atoms with Crippen molar-refractivity contribution in [1.82, 2.24) is 9.78 Å². The number of nitrogens with zero attached hydrogens (tertiary/aromatic N) is 4. The minimum atomic E-state index is -0.920. The average Bonchev–Trinajstić information content (AvgIpc) is 3.14. The second-order valence-electron chi connectivity index (χ2n) is 6.06. The molecule has 6 heteroatoms. The molecule has 0 aliphatic heterocycles. The van der Waals surface area contributed by atoms with E-state index >= 15 is 0 Å². The van der Waals surface area contributed by atoms with Gasteiger partial charge in [0.15, 0.2) is 0 Å². The number of rotatable bonds is 6. The van der Waals surface area contributed by atoms with Crippen LogP contribution in [0.4, 0.5) is 0 Å². The number of allylic oxidation sites excluding steroid dienone is 1. The topological polar surface area (TPSA) is 103 Å². The molecular formula is C22H16N4O2. The van der Waals surface area contributed by atoms with Crippen LogP contribution in [0.2, 0.25) is 0 Å². The Morgan fingerprint density at radius 1 is 1.00 bits per heavy atom. The molecule has 0 fully saturated rings. The van der Waals surface area contributed by atoms with E-state index in [0.717, 1.165) is 16.7 Å². The Balaban J connectivity index is 1.99. The van der Waals surface area contributed by atoms with Gasteiger partial charge in [0.25, 0.3) is 0 Å². The molecule has 3 rings (SSSR count). The standard InChI is InChI=1S/C22H16N4O2/c23-13-16(14-24)12-20-15-26(11-10-21(27)28)25-22(20)19-8-6-18(7-9-19)17-4-2-1-3-5-17/h1-9,12,15H,10-11H2,(H,27,28). The van der Waals surface area contributed by atoms with E-state index in [1.807, 2.05) is 66.7 Å². The minimum Gasteiger partial charge on any atom is -0.481 e. The Hall–Kier alpha value is -4.16. The van der Waals surface area contributed by atoms with Gasteiger partial charge in [-0.05, 0) is 17.2 Å². The SMILES string of the molecule is N#CC(C#N)=Cc1cn(CCC(=O)O)nc1-c1ccc(-c2ccccc2)cc1. The number of aryl methyl sites for hydroxylation is 1. The minimum absolute atomic E-state index is 0.0417. The van der Waals surface area contributed by atoms with Gasteiger partial charge in [-0.25, -0.2) is 0 Å². The number of aliphatic carboxylic acids is 1. The fourth-order valence-electron chi connectivity index (χ4n) is 2.79. The molecule has 0 radical (unpaired) electrons. The van der Waals surface area contributed by atoms with Crippen LogP contribution in [0.15, 0.2) is 66.4 Å². The number of hydrogen-bond acceptors (Lipinski definition) is 4.